The maximum absolute atomic E-state index is 12.1. The number of carbonyl (C=O) groups is 2. The molecule has 0 unspecified atom stereocenters. The van der Waals surface area contributed by atoms with Crippen LogP contribution in [0.1, 0.15) is 6.92 Å². The highest BCUT2D eigenvalue weighted by Gasteiger charge is 2.04. The number of nitrogens with one attached hydrogen (secondary N) is 3. The average molecular weight is 333 g/mol. The van der Waals surface area contributed by atoms with E-state index in [1.54, 1.807) is 12.1 Å². The number of hydrogen-bond donors (Lipinski definition) is 3. The Hall–Kier alpha value is -3.34. The van der Waals surface area contributed by atoms with Gasteiger partial charge in [-0.25, -0.2) is 0 Å². The van der Waals surface area contributed by atoms with Gasteiger partial charge in [-0.3, -0.25) is 9.59 Å². The van der Waals surface area contributed by atoms with Crippen LogP contribution in [0.3, 0.4) is 0 Å². The first-order valence-corrected chi connectivity index (χ1v) is 8.00. The van der Waals surface area contributed by atoms with Gasteiger partial charge < -0.3 is 16.0 Å². The Morgan fingerprint density at radius 2 is 1.40 bits per heavy atom. The summed E-state index contributed by atoms with van der Waals surface area (Å²) < 4.78 is 0. The van der Waals surface area contributed by atoms with Crippen LogP contribution in [-0.2, 0) is 9.59 Å². The molecule has 0 aliphatic rings. The first kappa shape index (κ1) is 16.5. The number of fused-ring (bicyclic) bond motifs is 1. The van der Waals surface area contributed by atoms with E-state index >= 15 is 0 Å². The summed E-state index contributed by atoms with van der Waals surface area (Å²) in [5, 5.41) is 10.9. The molecule has 5 nitrogen and oxygen atoms in total. The Bertz CT molecular complexity index is 904. The molecule has 0 aliphatic heterocycles. The van der Waals surface area contributed by atoms with Gasteiger partial charge in [0.1, 0.15) is 0 Å². The van der Waals surface area contributed by atoms with Crippen LogP contribution in [-0.4, -0.2) is 18.4 Å². The summed E-state index contributed by atoms with van der Waals surface area (Å²) in [4.78, 5) is 23.1. The van der Waals surface area contributed by atoms with E-state index < -0.39 is 0 Å². The van der Waals surface area contributed by atoms with Gasteiger partial charge in [0.05, 0.1) is 6.54 Å². The molecular weight excluding hydrogens is 314 g/mol. The van der Waals surface area contributed by atoms with Gasteiger partial charge in [0, 0.05) is 24.0 Å². The molecule has 5 heteroatoms. The van der Waals surface area contributed by atoms with Crippen molar-refractivity contribution >= 4 is 39.6 Å². The van der Waals surface area contributed by atoms with Gasteiger partial charge in [-0.05, 0) is 47.2 Å². The summed E-state index contributed by atoms with van der Waals surface area (Å²) in [6, 6.07) is 21.0. The number of carbonyl (C=O) groups excluding carboxylic acids is 2. The van der Waals surface area contributed by atoms with E-state index in [1.165, 1.54) is 6.92 Å². The van der Waals surface area contributed by atoms with E-state index in [0.717, 1.165) is 27.8 Å². The van der Waals surface area contributed by atoms with E-state index in [-0.39, 0.29) is 18.4 Å². The Morgan fingerprint density at radius 1 is 0.760 bits per heavy atom. The zero-order valence-electron chi connectivity index (χ0n) is 13.9. The summed E-state index contributed by atoms with van der Waals surface area (Å²) in [5.41, 5.74) is 2.30. The molecule has 3 aromatic rings. The summed E-state index contributed by atoms with van der Waals surface area (Å²) in [6.07, 6.45) is 0. The second-order valence-corrected chi connectivity index (χ2v) is 5.72. The van der Waals surface area contributed by atoms with Gasteiger partial charge in [0.25, 0.3) is 0 Å². The van der Waals surface area contributed by atoms with E-state index in [4.69, 9.17) is 0 Å². The molecule has 25 heavy (non-hydrogen) atoms. The lowest BCUT2D eigenvalue weighted by atomic mass is 10.1. The molecular formula is C20H19N3O2. The SMILES string of the molecule is CC(=O)Nc1ccc(NCC(=O)Nc2ccc3ccccc3c2)cc1. The first-order chi connectivity index (χ1) is 12.1. The van der Waals surface area contributed by atoms with Crippen molar-refractivity contribution in [2.24, 2.45) is 0 Å². The first-order valence-electron chi connectivity index (χ1n) is 8.00. The monoisotopic (exact) mass is 333 g/mol. The minimum Gasteiger partial charge on any atom is -0.376 e. The maximum Gasteiger partial charge on any atom is 0.243 e. The highest BCUT2D eigenvalue weighted by atomic mass is 16.2. The Morgan fingerprint density at radius 3 is 2.12 bits per heavy atom. The van der Waals surface area contributed by atoms with Crippen molar-refractivity contribution in [1.29, 1.82) is 0 Å². The fraction of sp³-hybridized carbons (Fsp3) is 0.100. The van der Waals surface area contributed by atoms with Crippen LogP contribution < -0.4 is 16.0 Å². The van der Waals surface area contributed by atoms with Gasteiger partial charge in [-0.15, -0.1) is 0 Å². The van der Waals surface area contributed by atoms with Crippen LogP contribution in [0.15, 0.2) is 66.7 Å². The summed E-state index contributed by atoms with van der Waals surface area (Å²) in [7, 11) is 0. The molecule has 0 saturated carbocycles. The van der Waals surface area contributed by atoms with Crippen LogP contribution in [0, 0.1) is 0 Å². The molecule has 0 aromatic heterocycles. The van der Waals surface area contributed by atoms with Crippen LogP contribution in [0.2, 0.25) is 0 Å². The summed E-state index contributed by atoms with van der Waals surface area (Å²) >= 11 is 0. The predicted octanol–water partition coefficient (Wildman–Crippen LogP) is 3.85. The van der Waals surface area contributed by atoms with Crippen LogP contribution >= 0.6 is 0 Å². The van der Waals surface area contributed by atoms with Gasteiger partial charge in [0.2, 0.25) is 11.8 Å². The molecule has 2 amide bonds. The van der Waals surface area contributed by atoms with E-state index in [2.05, 4.69) is 16.0 Å². The fourth-order valence-corrected chi connectivity index (χ4v) is 2.53. The molecule has 0 radical (unpaired) electrons. The van der Waals surface area contributed by atoms with E-state index in [0.29, 0.717) is 0 Å². The quantitative estimate of drug-likeness (QED) is 0.664. The van der Waals surface area contributed by atoms with Crippen LogP contribution in [0.5, 0.6) is 0 Å². The highest BCUT2D eigenvalue weighted by molar-refractivity contribution is 5.96. The average Bonchev–Trinajstić information content (AvgIpc) is 2.60. The van der Waals surface area contributed by atoms with Crippen molar-refractivity contribution < 1.29 is 9.59 Å². The molecule has 3 rings (SSSR count). The molecule has 0 heterocycles. The fourth-order valence-electron chi connectivity index (χ4n) is 2.53. The second kappa shape index (κ2) is 7.49. The smallest absolute Gasteiger partial charge is 0.243 e. The van der Waals surface area contributed by atoms with E-state index in [9.17, 15) is 9.59 Å². The largest absolute Gasteiger partial charge is 0.376 e. The highest BCUT2D eigenvalue weighted by Crippen LogP contribution is 2.19. The zero-order valence-corrected chi connectivity index (χ0v) is 13.9. The van der Waals surface area contributed by atoms with Crippen molar-refractivity contribution in [3.63, 3.8) is 0 Å². The Labute approximate surface area is 146 Å². The number of amides is 2. The van der Waals surface area contributed by atoms with Gasteiger partial charge >= 0.3 is 0 Å². The van der Waals surface area contributed by atoms with Gasteiger partial charge in [0.15, 0.2) is 0 Å². The third-order valence-corrected chi connectivity index (χ3v) is 3.69. The Balaban J connectivity index is 1.55. The second-order valence-electron chi connectivity index (χ2n) is 5.72. The normalized spacial score (nSPS) is 10.3. The lowest BCUT2D eigenvalue weighted by Gasteiger charge is -2.09. The summed E-state index contributed by atoms with van der Waals surface area (Å²) in [6.45, 7) is 1.62. The topological polar surface area (TPSA) is 70.2 Å². The standard InChI is InChI=1S/C20H19N3O2/c1-14(24)22-18-10-8-17(9-11-18)21-13-20(25)23-19-7-6-15-4-2-3-5-16(15)12-19/h2-12,21H,13H2,1H3,(H,22,24)(H,23,25). The predicted molar refractivity (Wildman–Crippen MR) is 102 cm³/mol. The van der Waals surface area contributed by atoms with Crippen molar-refractivity contribution in [2.75, 3.05) is 22.5 Å². The molecule has 0 spiro atoms. The van der Waals surface area contributed by atoms with Crippen molar-refractivity contribution in [3.8, 4) is 0 Å². The third kappa shape index (κ3) is 4.57. The van der Waals surface area contributed by atoms with Crippen molar-refractivity contribution in [2.45, 2.75) is 6.92 Å². The van der Waals surface area contributed by atoms with Gasteiger partial charge in [-0.2, -0.15) is 0 Å². The Kier molecular flexibility index (Phi) is 4.95. The lowest BCUT2D eigenvalue weighted by Crippen LogP contribution is -2.21. The van der Waals surface area contributed by atoms with Crippen LogP contribution in [0.4, 0.5) is 17.1 Å². The van der Waals surface area contributed by atoms with Crippen molar-refractivity contribution in [3.05, 3.63) is 66.7 Å². The van der Waals surface area contributed by atoms with Crippen LogP contribution in [0.25, 0.3) is 10.8 Å². The molecule has 0 saturated heterocycles. The minimum atomic E-state index is -0.124. The van der Waals surface area contributed by atoms with Crippen molar-refractivity contribution in [1.82, 2.24) is 0 Å². The molecule has 126 valence electrons. The maximum atomic E-state index is 12.1. The molecule has 0 atom stereocenters. The molecule has 0 aliphatic carbocycles. The number of anilines is 3. The molecule has 3 N–H and O–H groups in total. The third-order valence-electron chi connectivity index (χ3n) is 3.69. The summed E-state index contributed by atoms with van der Waals surface area (Å²) in [5.74, 6) is -0.239. The number of benzene rings is 3. The molecule has 0 bridgehead atoms. The molecule has 0 fully saturated rings. The molecule has 3 aromatic carbocycles. The number of hydrogen-bond acceptors (Lipinski definition) is 3. The minimum absolute atomic E-state index is 0.115. The zero-order chi connectivity index (χ0) is 17.6. The van der Waals surface area contributed by atoms with E-state index in [1.807, 2.05) is 54.6 Å². The number of rotatable bonds is 5. The van der Waals surface area contributed by atoms with Gasteiger partial charge in [-0.1, -0.05) is 30.3 Å². The lowest BCUT2D eigenvalue weighted by molar-refractivity contribution is -0.115.